The van der Waals surface area contributed by atoms with Crippen molar-refractivity contribution in [2.24, 2.45) is 4.99 Å². The molecular weight excluding hydrogens is 530 g/mol. The number of aliphatic imine (C=N–C) groups is 1. The fraction of sp³-hybridized carbons (Fsp3) is 0.0263. The van der Waals surface area contributed by atoms with Crippen LogP contribution in [0.15, 0.2) is 145 Å². The van der Waals surface area contributed by atoms with E-state index >= 15 is 0 Å². The van der Waals surface area contributed by atoms with Gasteiger partial charge in [-0.15, -0.1) is 0 Å². The summed E-state index contributed by atoms with van der Waals surface area (Å²) >= 11 is 0. The number of benzene rings is 6. The molecule has 3 heterocycles. The Bertz CT molecular complexity index is 2070. The summed E-state index contributed by atoms with van der Waals surface area (Å²) in [5.41, 5.74) is 9.59. The summed E-state index contributed by atoms with van der Waals surface area (Å²) in [5.74, 6) is 4.07. The molecule has 0 saturated heterocycles. The normalized spacial score (nSPS) is 15.4. The van der Waals surface area contributed by atoms with Crippen LogP contribution < -0.4 is 19.7 Å². The molecule has 0 saturated carbocycles. The van der Waals surface area contributed by atoms with Gasteiger partial charge in [-0.1, -0.05) is 97.1 Å². The minimum Gasteiger partial charge on any atom is -0.453 e. The second-order valence-electron chi connectivity index (χ2n) is 10.9. The maximum Gasteiger partial charge on any atom is 0.155 e. The van der Waals surface area contributed by atoms with Crippen molar-refractivity contribution in [1.29, 1.82) is 0 Å². The quantitative estimate of drug-likeness (QED) is 0.236. The molecule has 0 aromatic heterocycles. The Labute approximate surface area is 249 Å². The van der Waals surface area contributed by atoms with E-state index in [1.165, 1.54) is 11.1 Å². The molecule has 1 N–H and O–H groups in total. The molecule has 3 aliphatic heterocycles. The molecule has 6 aromatic carbocycles. The van der Waals surface area contributed by atoms with Crippen molar-refractivity contribution < 1.29 is 9.47 Å². The minimum absolute atomic E-state index is 0.0557. The van der Waals surface area contributed by atoms with Crippen LogP contribution in [0.3, 0.4) is 0 Å². The van der Waals surface area contributed by atoms with Gasteiger partial charge in [0.2, 0.25) is 0 Å². The molecule has 43 heavy (non-hydrogen) atoms. The standard InChI is InChI=1S/C38H25N3O2/c1-2-9-25(10-3-1)36-28-11-4-5-12-29(28)39-38(40-36)26-19-17-24(18-20-26)27-21-22-31-35(23-27)43-34-16-8-15-33-37(34)41(31)30-13-6-7-14-32(30)42-33/h1-23,36H,(H,39,40). The highest BCUT2D eigenvalue weighted by Gasteiger charge is 2.34. The third-order valence-corrected chi connectivity index (χ3v) is 8.31. The van der Waals surface area contributed by atoms with Crippen LogP contribution in [0.2, 0.25) is 0 Å². The zero-order valence-corrected chi connectivity index (χ0v) is 23.1. The van der Waals surface area contributed by atoms with Crippen molar-refractivity contribution in [2.45, 2.75) is 6.04 Å². The molecule has 1 atom stereocenters. The molecule has 1 unspecified atom stereocenters. The number of fused-ring (bicyclic) bond motifs is 5. The fourth-order valence-electron chi connectivity index (χ4n) is 6.25. The van der Waals surface area contributed by atoms with Crippen molar-refractivity contribution in [1.82, 2.24) is 0 Å². The van der Waals surface area contributed by atoms with Gasteiger partial charge in [-0.2, -0.15) is 0 Å². The van der Waals surface area contributed by atoms with Crippen LogP contribution in [-0.2, 0) is 0 Å². The van der Waals surface area contributed by atoms with Crippen LogP contribution in [0.4, 0.5) is 22.7 Å². The summed E-state index contributed by atoms with van der Waals surface area (Å²) in [7, 11) is 0. The lowest BCUT2D eigenvalue weighted by Gasteiger charge is -2.37. The summed E-state index contributed by atoms with van der Waals surface area (Å²) < 4.78 is 12.7. The molecule has 204 valence electrons. The number of rotatable bonds is 3. The van der Waals surface area contributed by atoms with Crippen LogP contribution in [0.1, 0.15) is 22.7 Å². The molecule has 0 bridgehead atoms. The number of anilines is 4. The van der Waals surface area contributed by atoms with Gasteiger partial charge in [-0.05, 0) is 59.2 Å². The molecule has 0 spiro atoms. The molecule has 5 nitrogen and oxygen atoms in total. The van der Waals surface area contributed by atoms with E-state index in [4.69, 9.17) is 14.5 Å². The van der Waals surface area contributed by atoms with E-state index in [1.807, 2.05) is 42.5 Å². The number of ether oxygens (including phenoxy) is 2. The molecule has 0 amide bonds. The number of para-hydroxylation sites is 4. The van der Waals surface area contributed by atoms with Crippen molar-refractivity contribution in [3.8, 4) is 34.1 Å². The highest BCUT2D eigenvalue weighted by Crippen LogP contribution is 2.59. The van der Waals surface area contributed by atoms with E-state index < -0.39 is 0 Å². The van der Waals surface area contributed by atoms with Crippen LogP contribution in [0.5, 0.6) is 23.0 Å². The zero-order valence-electron chi connectivity index (χ0n) is 23.1. The molecule has 6 aromatic rings. The first-order valence-electron chi connectivity index (χ1n) is 14.4. The maximum atomic E-state index is 6.46. The Balaban J connectivity index is 1.07. The van der Waals surface area contributed by atoms with Gasteiger partial charge in [0.25, 0.3) is 0 Å². The van der Waals surface area contributed by atoms with E-state index in [0.29, 0.717) is 0 Å². The van der Waals surface area contributed by atoms with Crippen LogP contribution in [0.25, 0.3) is 11.1 Å². The lowest BCUT2D eigenvalue weighted by Crippen LogP contribution is -2.22. The fourth-order valence-corrected chi connectivity index (χ4v) is 6.25. The Morgan fingerprint density at radius 3 is 2.05 bits per heavy atom. The van der Waals surface area contributed by atoms with Gasteiger partial charge >= 0.3 is 0 Å². The Morgan fingerprint density at radius 1 is 0.535 bits per heavy atom. The first-order valence-corrected chi connectivity index (χ1v) is 14.4. The van der Waals surface area contributed by atoms with Crippen LogP contribution >= 0.6 is 0 Å². The summed E-state index contributed by atoms with van der Waals surface area (Å²) in [6.45, 7) is 0. The van der Waals surface area contributed by atoms with Crippen molar-refractivity contribution in [3.05, 3.63) is 156 Å². The monoisotopic (exact) mass is 555 g/mol. The molecule has 0 radical (unpaired) electrons. The zero-order chi connectivity index (χ0) is 28.3. The van der Waals surface area contributed by atoms with Crippen LogP contribution in [-0.4, -0.2) is 5.84 Å². The number of nitrogens with one attached hydrogen (secondary N) is 1. The first kappa shape index (κ1) is 23.9. The van der Waals surface area contributed by atoms with E-state index in [-0.39, 0.29) is 6.04 Å². The molecule has 0 fully saturated rings. The van der Waals surface area contributed by atoms with E-state index in [0.717, 1.165) is 68.3 Å². The topological polar surface area (TPSA) is 46.1 Å². The molecule has 0 aliphatic carbocycles. The van der Waals surface area contributed by atoms with Crippen molar-refractivity contribution >= 4 is 28.6 Å². The van der Waals surface area contributed by atoms with Crippen molar-refractivity contribution in [2.75, 3.05) is 10.2 Å². The lowest BCUT2D eigenvalue weighted by atomic mass is 9.95. The number of hydrogen-bond acceptors (Lipinski definition) is 5. The highest BCUT2D eigenvalue weighted by molar-refractivity contribution is 6.10. The number of hydrogen-bond donors (Lipinski definition) is 1. The molecule has 3 aliphatic rings. The van der Waals surface area contributed by atoms with Crippen LogP contribution in [0, 0.1) is 0 Å². The average molecular weight is 556 g/mol. The third-order valence-electron chi connectivity index (χ3n) is 8.31. The molecule has 9 rings (SSSR count). The summed E-state index contributed by atoms with van der Waals surface area (Å²) in [5, 5.41) is 3.57. The lowest BCUT2D eigenvalue weighted by molar-refractivity contribution is 0.446. The van der Waals surface area contributed by atoms with E-state index in [2.05, 4.69) is 107 Å². The number of nitrogens with zero attached hydrogens (tertiary/aromatic N) is 2. The van der Waals surface area contributed by atoms with Gasteiger partial charge in [0, 0.05) is 16.8 Å². The van der Waals surface area contributed by atoms with Gasteiger partial charge in [0.15, 0.2) is 23.0 Å². The minimum atomic E-state index is -0.0557. The van der Waals surface area contributed by atoms with E-state index in [1.54, 1.807) is 0 Å². The van der Waals surface area contributed by atoms with Gasteiger partial charge in [0.1, 0.15) is 17.6 Å². The Kier molecular flexibility index (Phi) is 5.19. The number of amidine groups is 1. The Hall–Kier alpha value is -5.81. The van der Waals surface area contributed by atoms with Gasteiger partial charge < -0.3 is 14.8 Å². The third kappa shape index (κ3) is 3.82. The summed E-state index contributed by atoms with van der Waals surface area (Å²) in [6, 6.07) is 47.9. The Morgan fingerprint density at radius 2 is 1.19 bits per heavy atom. The van der Waals surface area contributed by atoms with E-state index in [9.17, 15) is 0 Å². The smallest absolute Gasteiger partial charge is 0.155 e. The summed E-state index contributed by atoms with van der Waals surface area (Å²) in [6.07, 6.45) is 0. The maximum absolute atomic E-state index is 6.46. The van der Waals surface area contributed by atoms with Gasteiger partial charge in [-0.3, -0.25) is 9.89 Å². The predicted octanol–water partition coefficient (Wildman–Crippen LogP) is 10.00. The second-order valence-corrected chi connectivity index (χ2v) is 10.9. The summed E-state index contributed by atoms with van der Waals surface area (Å²) in [4.78, 5) is 7.40. The average Bonchev–Trinajstić information content (AvgIpc) is 3.08. The predicted molar refractivity (Wildman–Crippen MR) is 172 cm³/mol. The molecule has 5 heteroatoms. The molecular formula is C38H25N3O2. The second kappa shape index (κ2) is 9.36. The first-order chi connectivity index (χ1) is 21.3. The highest BCUT2D eigenvalue weighted by atomic mass is 16.5. The van der Waals surface area contributed by atoms with Gasteiger partial charge in [0.05, 0.1) is 11.4 Å². The largest absolute Gasteiger partial charge is 0.453 e. The SMILES string of the molecule is c1ccc(C2N=C(c3ccc(-c4ccc5c(c4)Oc4cccc6c4N5c4ccccc4O6)cc3)Nc3ccccc32)cc1. The van der Waals surface area contributed by atoms with Crippen molar-refractivity contribution in [3.63, 3.8) is 0 Å². The van der Waals surface area contributed by atoms with Gasteiger partial charge in [-0.25, -0.2) is 0 Å².